The van der Waals surface area contributed by atoms with E-state index >= 15 is 0 Å². The first-order valence-electron chi connectivity index (χ1n) is 8.26. The van der Waals surface area contributed by atoms with Crippen LogP contribution in [-0.2, 0) is 6.54 Å². The zero-order chi connectivity index (χ0) is 18.7. The number of amides is 1. The molecule has 0 aliphatic heterocycles. The third-order valence-electron chi connectivity index (χ3n) is 3.93. The molecule has 0 fully saturated rings. The normalized spacial score (nSPS) is 11.5. The van der Waals surface area contributed by atoms with Gasteiger partial charge >= 0.3 is 0 Å². The molecular weight excluding hydrogens is 332 g/mol. The lowest BCUT2D eigenvalue weighted by Gasteiger charge is -2.09. The van der Waals surface area contributed by atoms with Crippen molar-refractivity contribution in [2.24, 2.45) is 16.1 Å². The fraction of sp³-hybridized carbons (Fsp3) is 0.263. The molecule has 0 radical (unpaired) electrons. The van der Waals surface area contributed by atoms with Gasteiger partial charge in [0.1, 0.15) is 5.75 Å². The molecule has 2 aromatic heterocycles. The summed E-state index contributed by atoms with van der Waals surface area (Å²) in [5, 5.41) is 19.1. The standard InChI is InChI=1S/C19H20N4O3/c1-12(2)11-23-16-5-4-14(26-3)10-15(16)17(19(23)25)21-22-18(24)13-6-8-20-9-7-13/h4-10,12,25H,11H2,1-3H3. The van der Waals surface area contributed by atoms with E-state index in [2.05, 4.69) is 29.1 Å². The van der Waals surface area contributed by atoms with Gasteiger partial charge in [-0.1, -0.05) is 13.8 Å². The number of benzene rings is 1. The predicted molar refractivity (Wildman–Crippen MR) is 98.1 cm³/mol. The first-order valence-corrected chi connectivity index (χ1v) is 8.26. The Labute approximate surface area is 151 Å². The van der Waals surface area contributed by atoms with Crippen LogP contribution in [0.4, 0.5) is 5.69 Å². The molecular formula is C19H20N4O3. The highest BCUT2D eigenvalue weighted by Crippen LogP contribution is 2.41. The van der Waals surface area contributed by atoms with Crippen LogP contribution in [0.2, 0.25) is 0 Å². The number of pyridine rings is 1. The third-order valence-corrected chi connectivity index (χ3v) is 3.93. The van der Waals surface area contributed by atoms with E-state index < -0.39 is 5.91 Å². The van der Waals surface area contributed by atoms with Gasteiger partial charge in [-0.2, -0.15) is 0 Å². The summed E-state index contributed by atoms with van der Waals surface area (Å²) in [6.45, 7) is 4.73. The first kappa shape index (κ1) is 17.6. The van der Waals surface area contributed by atoms with Gasteiger partial charge in [0.25, 0.3) is 5.91 Å². The zero-order valence-electron chi connectivity index (χ0n) is 14.9. The minimum Gasteiger partial charge on any atom is -0.497 e. The molecule has 0 atom stereocenters. The molecule has 1 amide bonds. The minimum atomic E-state index is -0.501. The highest BCUT2D eigenvalue weighted by Gasteiger charge is 2.18. The molecule has 7 nitrogen and oxygen atoms in total. The molecule has 0 bridgehead atoms. The van der Waals surface area contributed by atoms with Gasteiger partial charge in [0.05, 0.1) is 12.6 Å². The van der Waals surface area contributed by atoms with Crippen molar-refractivity contribution in [3.63, 3.8) is 0 Å². The van der Waals surface area contributed by atoms with Crippen LogP contribution >= 0.6 is 0 Å². The molecule has 0 spiro atoms. The van der Waals surface area contributed by atoms with Gasteiger partial charge in [0.2, 0.25) is 5.88 Å². The predicted octanol–water partition coefficient (Wildman–Crippen LogP) is 4.33. The van der Waals surface area contributed by atoms with Gasteiger partial charge in [-0.3, -0.25) is 9.78 Å². The molecule has 1 aromatic carbocycles. The summed E-state index contributed by atoms with van der Waals surface area (Å²) in [6, 6.07) is 8.58. The van der Waals surface area contributed by atoms with Crippen LogP contribution in [0, 0.1) is 5.92 Å². The quantitative estimate of drug-likeness (QED) is 0.692. The number of nitrogens with zero attached hydrogens (tertiary/aromatic N) is 4. The largest absolute Gasteiger partial charge is 0.497 e. The second-order valence-corrected chi connectivity index (χ2v) is 6.30. The van der Waals surface area contributed by atoms with E-state index in [0.717, 1.165) is 5.52 Å². The fourth-order valence-corrected chi connectivity index (χ4v) is 2.73. The summed E-state index contributed by atoms with van der Waals surface area (Å²) >= 11 is 0. The first-order chi connectivity index (χ1) is 12.5. The van der Waals surface area contributed by atoms with Gasteiger partial charge < -0.3 is 14.4 Å². The summed E-state index contributed by atoms with van der Waals surface area (Å²) in [6.07, 6.45) is 3.03. The van der Waals surface area contributed by atoms with Crippen molar-refractivity contribution in [1.82, 2.24) is 9.55 Å². The lowest BCUT2D eigenvalue weighted by atomic mass is 10.2. The van der Waals surface area contributed by atoms with Gasteiger partial charge in [-0.15, -0.1) is 10.2 Å². The van der Waals surface area contributed by atoms with Crippen molar-refractivity contribution in [2.75, 3.05) is 7.11 Å². The SMILES string of the molecule is COc1ccc2c(c1)c(N=NC(=O)c1ccncc1)c(O)n2CC(C)C. The van der Waals surface area contributed by atoms with Crippen molar-refractivity contribution in [1.29, 1.82) is 0 Å². The van der Waals surface area contributed by atoms with Gasteiger partial charge in [-0.05, 0) is 36.2 Å². The Hall–Kier alpha value is -3.22. The molecule has 7 heteroatoms. The fourth-order valence-electron chi connectivity index (χ4n) is 2.73. The second kappa shape index (κ2) is 7.35. The van der Waals surface area contributed by atoms with Crippen molar-refractivity contribution in [2.45, 2.75) is 20.4 Å². The molecule has 3 aromatic rings. The lowest BCUT2D eigenvalue weighted by Crippen LogP contribution is -2.03. The summed E-state index contributed by atoms with van der Waals surface area (Å²) in [5.41, 5.74) is 1.44. The zero-order valence-corrected chi connectivity index (χ0v) is 14.9. The van der Waals surface area contributed by atoms with Crippen molar-refractivity contribution >= 4 is 22.5 Å². The number of hydrogen-bond acceptors (Lipinski definition) is 5. The Balaban J connectivity index is 2.07. The Morgan fingerprint density at radius 3 is 2.65 bits per heavy atom. The number of azo groups is 1. The van der Waals surface area contributed by atoms with Crippen molar-refractivity contribution in [3.8, 4) is 11.6 Å². The highest BCUT2D eigenvalue weighted by molar-refractivity contribution is 5.97. The Bertz CT molecular complexity index is 962. The van der Waals surface area contributed by atoms with E-state index in [1.807, 2.05) is 12.1 Å². The number of hydrogen-bond donors (Lipinski definition) is 1. The van der Waals surface area contributed by atoms with E-state index in [1.165, 1.54) is 12.4 Å². The Kier molecular flexibility index (Phi) is 4.97. The second-order valence-electron chi connectivity index (χ2n) is 6.30. The van der Waals surface area contributed by atoms with Gasteiger partial charge in [0, 0.05) is 29.9 Å². The number of ether oxygens (including phenoxy) is 1. The smallest absolute Gasteiger partial charge is 0.295 e. The maximum atomic E-state index is 12.2. The molecule has 0 saturated carbocycles. The Morgan fingerprint density at radius 2 is 2.00 bits per heavy atom. The van der Waals surface area contributed by atoms with Crippen LogP contribution in [0.1, 0.15) is 24.2 Å². The number of carbonyl (C=O) groups excluding carboxylic acids is 1. The highest BCUT2D eigenvalue weighted by atomic mass is 16.5. The number of carbonyl (C=O) groups is 1. The van der Waals surface area contributed by atoms with Crippen molar-refractivity contribution < 1.29 is 14.6 Å². The minimum absolute atomic E-state index is 0.0202. The topological polar surface area (TPSA) is 89.1 Å². The van der Waals surface area contributed by atoms with E-state index in [9.17, 15) is 9.90 Å². The summed E-state index contributed by atoms with van der Waals surface area (Å²) < 4.78 is 7.03. The molecule has 2 heterocycles. The molecule has 3 rings (SSSR count). The molecule has 134 valence electrons. The number of aromatic nitrogens is 2. The van der Waals surface area contributed by atoms with Crippen LogP contribution in [0.25, 0.3) is 10.9 Å². The van der Waals surface area contributed by atoms with E-state index in [4.69, 9.17) is 4.74 Å². The number of fused-ring (bicyclic) bond motifs is 1. The van der Waals surface area contributed by atoms with E-state index in [-0.39, 0.29) is 11.6 Å². The average Bonchev–Trinajstić information content (AvgIpc) is 2.90. The van der Waals surface area contributed by atoms with Crippen LogP contribution in [0.15, 0.2) is 53.0 Å². The van der Waals surface area contributed by atoms with Gasteiger partial charge in [-0.25, -0.2) is 0 Å². The molecule has 0 unspecified atom stereocenters. The van der Waals surface area contributed by atoms with Crippen LogP contribution in [0.5, 0.6) is 11.6 Å². The molecule has 0 aliphatic carbocycles. The van der Waals surface area contributed by atoms with Crippen LogP contribution < -0.4 is 4.74 Å². The summed E-state index contributed by atoms with van der Waals surface area (Å²) in [4.78, 5) is 16.0. The van der Waals surface area contributed by atoms with E-state index in [1.54, 1.807) is 29.9 Å². The summed E-state index contributed by atoms with van der Waals surface area (Å²) in [7, 11) is 1.57. The lowest BCUT2D eigenvalue weighted by molar-refractivity contribution is 0.0995. The third kappa shape index (κ3) is 3.42. The van der Waals surface area contributed by atoms with Crippen LogP contribution in [-0.4, -0.2) is 27.7 Å². The van der Waals surface area contributed by atoms with E-state index in [0.29, 0.717) is 29.2 Å². The van der Waals surface area contributed by atoms with Gasteiger partial charge in [0.15, 0.2) is 5.69 Å². The number of rotatable bonds is 5. The van der Waals surface area contributed by atoms with Crippen LogP contribution in [0.3, 0.4) is 0 Å². The average molecular weight is 352 g/mol. The molecule has 0 saturated heterocycles. The maximum Gasteiger partial charge on any atom is 0.295 e. The monoisotopic (exact) mass is 352 g/mol. The van der Waals surface area contributed by atoms with Crippen molar-refractivity contribution in [3.05, 3.63) is 48.3 Å². The molecule has 1 N–H and O–H groups in total. The molecule has 26 heavy (non-hydrogen) atoms. The maximum absolute atomic E-state index is 12.2. The molecule has 0 aliphatic rings. The number of methoxy groups -OCH3 is 1. The Morgan fingerprint density at radius 1 is 1.27 bits per heavy atom. The number of aromatic hydroxyl groups is 1. The summed E-state index contributed by atoms with van der Waals surface area (Å²) in [5.74, 6) is 0.436.